The van der Waals surface area contributed by atoms with Crippen LogP contribution in [0.4, 0.5) is 0 Å². The lowest BCUT2D eigenvalue weighted by Crippen LogP contribution is -2.24. The van der Waals surface area contributed by atoms with Gasteiger partial charge in [0.1, 0.15) is 0 Å². The number of ether oxygens (including phenoxy) is 1. The van der Waals surface area contributed by atoms with Crippen LogP contribution in [-0.4, -0.2) is 32.9 Å². The SMILES string of the molecule is [2H]C([2H])([2H])C([2H])(n1nnn(/C=C/C(=O)OC)c1=O)C([2H])([2H])[2H]. The van der Waals surface area contributed by atoms with Crippen molar-refractivity contribution in [3.63, 3.8) is 0 Å². The first-order valence-corrected chi connectivity index (χ1v) is 3.67. The molecule has 0 saturated carbocycles. The summed E-state index contributed by atoms with van der Waals surface area (Å²) in [5.41, 5.74) is -1.30. The molecule has 0 unspecified atom stereocenters. The van der Waals surface area contributed by atoms with Crippen LogP contribution < -0.4 is 5.69 Å². The molecule has 15 heavy (non-hydrogen) atoms. The van der Waals surface area contributed by atoms with E-state index in [2.05, 4.69) is 15.2 Å². The first-order chi connectivity index (χ1) is 9.86. The van der Waals surface area contributed by atoms with Crippen LogP contribution in [0.2, 0.25) is 0 Å². The number of carbonyl (C=O) groups is 1. The zero-order valence-corrected chi connectivity index (χ0v) is 7.67. The van der Waals surface area contributed by atoms with Crippen molar-refractivity contribution in [1.29, 1.82) is 0 Å². The fourth-order valence-corrected chi connectivity index (χ4v) is 0.690. The van der Waals surface area contributed by atoms with E-state index in [-0.39, 0.29) is 4.68 Å². The van der Waals surface area contributed by atoms with Crippen LogP contribution in [0, 0.1) is 0 Å². The van der Waals surface area contributed by atoms with Gasteiger partial charge in [-0.05, 0) is 24.1 Å². The van der Waals surface area contributed by atoms with Gasteiger partial charge in [0.15, 0.2) is 0 Å². The minimum Gasteiger partial charge on any atom is -0.466 e. The number of esters is 1. The van der Waals surface area contributed by atoms with E-state index in [1.807, 2.05) is 0 Å². The summed E-state index contributed by atoms with van der Waals surface area (Å²) in [5.74, 6) is -0.828. The van der Waals surface area contributed by atoms with E-state index >= 15 is 0 Å². The highest BCUT2D eigenvalue weighted by molar-refractivity contribution is 5.84. The van der Waals surface area contributed by atoms with Crippen LogP contribution in [0.1, 0.15) is 29.3 Å². The van der Waals surface area contributed by atoms with E-state index in [1.165, 1.54) is 0 Å². The molecule has 7 nitrogen and oxygen atoms in total. The van der Waals surface area contributed by atoms with Crippen LogP contribution in [0.5, 0.6) is 0 Å². The summed E-state index contributed by atoms with van der Waals surface area (Å²) in [5, 5.41) is 6.35. The molecule has 0 radical (unpaired) electrons. The van der Waals surface area contributed by atoms with Crippen LogP contribution in [0.25, 0.3) is 6.20 Å². The molecule has 1 aromatic heterocycles. The third kappa shape index (κ3) is 2.52. The minimum atomic E-state index is -3.38. The lowest BCUT2D eigenvalue weighted by atomic mass is 10.4. The molecule has 0 atom stereocenters. The van der Waals surface area contributed by atoms with Crippen molar-refractivity contribution in [1.82, 2.24) is 19.8 Å². The van der Waals surface area contributed by atoms with Crippen LogP contribution in [0.3, 0.4) is 0 Å². The Morgan fingerprint density at radius 1 is 1.67 bits per heavy atom. The highest BCUT2D eigenvalue weighted by atomic mass is 16.5. The normalized spacial score (nSPS) is 20.5. The molecule has 0 aliphatic carbocycles. The van der Waals surface area contributed by atoms with E-state index < -0.39 is 31.4 Å². The van der Waals surface area contributed by atoms with Gasteiger partial charge in [0.2, 0.25) is 0 Å². The summed E-state index contributed by atoms with van der Waals surface area (Å²) in [4.78, 5) is 22.9. The quantitative estimate of drug-likeness (QED) is 0.513. The number of hydrogen-bond donors (Lipinski definition) is 0. The van der Waals surface area contributed by atoms with E-state index in [1.54, 1.807) is 0 Å². The molecule has 0 aliphatic rings. The third-order valence-corrected chi connectivity index (χ3v) is 1.37. The maximum Gasteiger partial charge on any atom is 0.368 e. The zero-order valence-electron chi connectivity index (χ0n) is 14.7. The van der Waals surface area contributed by atoms with Gasteiger partial charge in [-0.25, -0.2) is 9.59 Å². The zero-order chi connectivity index (χ0) is 17.3. The Morgan fingerprint density at radius 3 is 3.00 bits per heavy atom. The molecule has 1 rings (SSSR count). The molecule has 1 heterocycles. The van der Waals surface area contributed by atoms with Gasteiger partial charge in [-0.1, -0.05) is 0 Å². The highest BCUT2D eigenvalue weighted by Crippen LogP contribution is 1.94. The van der Waals surface area contributed by atoms with Crippen molar-refractivity contribution in [2.24, 2.45) is 0 Å². The Morgan fingerprint density at radius 2 is 2.40 bits per heavy atom. The van der Waals surface area contributed by atoms with Gasteiger partial charge in [0, 0.05) is 20.5 Å². The maximum absolute atomic E-state index is 12.0. The van der Waals surface area contributed by atoms with Crippen molar-refractivity contribution in [2.45, 2.75) is 19.7 Å². The van der Waals surface area contributed by atoms with E-state index in [9.17, 15) is 9.59 Å². The first kappa shape index (κ1) is 4.73. The summed E-state index contributed by atoms with van der Waals surface area (Å²) < 4.78 is 55.9. The standard InChI is InChI=1S/C8H12N4O3/c1-6(2)12-8(14)11(9-10-12)5-4-7(13)15-3/h4-6H,1-3H3/b5-4+/i1D3,2D3,6D. The molecule has 0 aliphatic heterocycles. The van der Waals surface area contributed by atoms with Crippen LogP contribution in [0.15, 0.2) is 10.9 Å². The minimum absolute atomic E-state index is 0.0609. The summed E-state index contributed by atoms with van der Waals surface area (Å²) in [6, 6.07) is -3.32. The molecule has 0 aromatic carbocycles. The Balaban J connectivity index is 3.44. The first-order valence-electron chi connectivity index (χ1n) is 7.17. The number of tetrazole rings is 1. The smallest absolute Gasteiger partial charge is 0.368 e. The van der Waals surface area contributed by atoms with Crippen molar-refractivity contribution in [3.8, 4) is 0 Å². The summed E-state index contributed by atoms with van der Waals surface area (Å²) >= 11 is 0. The number of aromatic nitrogens is 4. The largest absolute Gasteiger partial charge is 0.466 e. The molecule has 7 heteroatoms. The Kier molecular flexibility index (Phi) is 1.43. The lowest BCUT2D eigenvalue weighted by molar-refractivity contribution is -0.134. The summed E-state index contributed by atoms with van der Waals surface area (Å²) in [6.07, 6.45) is 1.59. The number of hydrogen-bond acceptors (Lipinski definition) is 5. The highest BCUT2D eigenvalue weighted by Gasteiger charge is 2.07. The molecule has 0 spiro atoms. The Labute approximate surface area is 95.8 Å². The van der Waals surface area contributed by atoms with Crippen LogP contribution >= 0.6 is 0 Å². The van der Waals surface area contributed by atoms with Crippen molar-refractivity contribution < 1.29 is 19.1 Å². The lowest BCUT2D eigenvalue weighted by Gasteiger charge is -1.98. The van der Waals surface area contributed by atoms with Crippen molar-refractivity contribution >= 4 is 12.2 Å². The molecule has 0 fully saturated rings. The van der Waals surface area contributed by atoms with Gasteiger partial charge in [-0.15, -0.1) is 0 Å². The Bertz CT molecular complexity index is 627. The predicted molar refractivity (Wildman–Crippen MR) is 52.0 cm³/mol. The van der Waals surface area contributed by atoms with Crippen LogP contribution in [-0.2, 0) is 9.53 Å². The third-order valence-electron chi connectivity index (χ3n) is 1.37. The second kappa shape index (κ2) is 4.54. The second-order valence-electron chi connectivity index (χ2n) is 2.31. The molecule has 0 N–H and O–H groups in total. The number of carbonyl (C=O) groups excluding carboxylic acids is 1. The Hall–Kier alpha value is -1.92. The number of rotatable bonds is 3. The molecule has 0 bridgehead atoms. The van der Waals surface area contributed by atoms with E-state index in [0.717, 1.165) is 19.4 Å². The van der Waals surface area contributed by atoms with Gasteiger partial charge in [0.05, 0.1) is 14.5 Å². The van der Waals surface area contributed by atoms with Gasteiger partial charge >= 0.3 is 11.7 Å². The van der Waals surface area contributed by atoms with E-state index in [0.29, 0.717) is 4.68 Å². The number of methoxy groups -OCH3 is 1. The fraction of sp³-hybridized carbons (Fsp3) is 0.500. The van der Waals surface area contributed by atoms with Gasteiger partial charge in [-0.3, -0.25) is 0 Å². The fourth-order valence-electron chi connectivity index (χ4n) is 0.690. The average Bonchev–Trinajstić information content (AvgIpc) is 2.73. The van der Waals surface area contributed by atoms with Crippen molar-refractivity contribution in [3.05, 3.63) is 16.6 Å². The predicted octanol–water partition coefficient (Wildman–Crippen LogP) is -0.336. The monoisotopic (exact) mass is 219 g/mol. The molecular formula is C8H12N4O3. The maximum atomic E-state index is 12.0. The molecular weight excluding hydrogens is 200 g/mol. The molecule has 0 amide bonds. The van der Waals surface area contributed by atoms with Gasteiger partial charge < -0.3 is 4.74 Å². The molecule has 0 saturated heterocycles. The van der Waals surface area contributed by atoms with Gasteiger partial charge in [-0.2, -0.15) is 9.36 Å². The van der Waals surface area contributed by atoms with E-state index in [4.69, 9.17) is 9.60 Å². The van der Waals surface area contributed by atoms with Crippen molar-refractivity contribution in [2.75, 3.05) is 7.11 Å². The van der Waals surface area contributed by atoms with Gasteiger partial charge in [0.25, 0.3) is 0 Å². The average molecular weight is 219 g/mol. The second-order valence-corrected chi connectivity index (χ2v) is 2.31. The summed E-state index contributed by atoms with van der Waals surface area (Å²) in [6.45, 7) is -6.76. The summed E-state index contributed by atoms with van der Waals surface area (Å²) in [7, 11) is 1.09. The topological polar surface area (TPSA) is 79.0 Å². The molecule has 82 valence electrons. The molecule has 1 aromatic rings. The number of nitrogens with zero attached hydrogens (tertiary/aromatic N) is 4.